The summed E-state index contributed by atoms with van der Waals surface area (Å²) < 4.78 is 20.2. The van der Waals surface area contributed by atoms with E-state index in [0.29, 0.717) is 0 Å². The number of amides is 1. The van der Waals surface area contributed by atoms with Gasteiger partial charge >= 0.3 is 17.9 Å². The second-order valence-corrected chi connectivity index (χ2v) is 5.54. The molecule has 1 amide bonds. The highest BCUT2D eigenvalue weighted by Crippen LogP contribution is 2.29. The summed E-state index contributed by atoms with van der Waals surface area (Å²) >= 11 is 0. The van der Waals surface area contributed by atoms with E-state index in [1.54, 1.807) is 0 Å². The number of hydrogen-bond donors (Lipinski definition) is 3. The Balaban J connectivity index is 3.24. The molecule has 0 bridgehead atoms. The summed E-state index contributed by atoms with van der Waals surface area (Å²) in [6.45, 7) is 4.04. The molecule has 0 aromatic carbocycles. The number of ether oxygens (including phenoxy) is 4. The summed E-state index contributed by atoms with van der Waals surface area (Å²) in [6.07, 6.45) is -3.91. The molecule has 0 radical (unpaired) electrons. The Labute approximate surface area is 143 Å². The molecule has 1 heterocycles. The summed E-state index contributed by atoms with van der Waals surface area (Å²) in [4.78, 5) is 45.3. The van der Waals surface area contributed by atoms with E-state index in [4.69, 9.17) is 24.7 Å². The summed E-state index contributed by atoms with van der Waals surface area (Å²) in [5, 5.41) is 12.6. The van der Waals surface area contributed by atoms with E-state index in [9.17, 15) is 24.3 Å². The van der Waals surface area contributed by atoms with Gasteiger partial charge in [0, 0.05) is 27.7 Å². The van der Waals surface area contributed by atoms with Crippen LogP contribution in [0.3, 0.4) is 0 Å². The highest BCUT2D eigenvalue weighted by Gasteiger charge is 2.56. The predicted octanol–water partition coefficient (Wildman–Crippen LogP) is -2.08. The molecular formula is C14H22N2O9. The number of esters is 3. The molecule has 4 N–H and O–H groups in total. The van der Waals surface area contributed by atoms with Gasteiger partial charge in [-0.25, -0.2) is 0 Å². The van der Waals surface area contributed by atoms with Gasteiger partial charge in [-0.15, -0.1) is 0 Å². The van der Waals surface area contributed by atoms with Gasteiger partial charge in [-0.3, -0.25) is 24.9 Å². The van der Waals surface area contributed by atoms with Gasteiger partial charge in [-0.05, 0) is 0 Å². The van der Waals surface area contributed by atoms with Gasteiger partial charge in [-0.2, -0.15) is 0 Å². The van der Waals surface area contributed by atoms with Crippen LogP contribution in [0.1, 0.15) is 27.7 Å². The number of aliphatic hydroxyl groups is 1. The molecule has 5 atom stereocenters. The summed E-state index contributed by atoms with van der Waals surface area (Å²) in [6, 6.07) is -1.44. The molecule has 1 fully saturated rings. The molecule has 142 valence electrons. The molecule has 25 heavy (non-hydrogen) atoms. The first-order chi connectivity index (χ1) is 11.4. The van der Waals surface area contributed by atoms with E-state index in [1.807, 2.05) is 0 Å². The van der Waals surface area contributed by atoms with Gasteiger partial charge in [0.25, 0.3) is 0 Å². The number of carbonyl (C=O) groups excluding carboxylic acids is 4. The summed E-state index contributed by atoms with van der Waals surface area (Å²) in [5.41, 5.74) is 5.67. The zero-order valence-corrected chi connectivity index (χ0v) is 14.3. The number of nitrogens with one attached hydrogen (secondary N) is 1. The normalized spacial score (nSPS) is 31.6. The van der Waals surface area contributed by atoms with Crippen molar-refractivity contribution >= 4 is 23.8 Å². The zero-order valence-electron chi connectivity index (χ0n) is 14.3. The Morgan fingerprint density at radius 2 is 1.56 bits per heavy atom. The van der Waals surface area contributed by atoms with Crippen molar-refractivity contribution in [2.24, 2.45) is 5.73 Å². The Hall–Kier alpha value is -2.24. The Kier molecular flexibility index (Phi) is 6.85. The molecule has 1 aliphatic heterocycles. The van der Waals surface area contributed by atoms with Crippen molar-refractivity contribution in [2.75, 3.05) is 6.61 Å². The van der Waals surface area contributed by atoms with Crippen LogP contribution < -0.4 is 11.1 Å². The lowest BCUT2D eigenvalue weighted by atomic mass is 9.93. The topological polar surface area (TPSA) is 163 Å². The van der Waals surface area contributed by atoms with E-state index in [2.05, 4.69) is 5.32 Å². The van der Waals surface area contributed by atoms with Gasteiger partial charge in [-0.1, -0.05) is 0 Å². The van der Waals surface area contributed by atoms with E-state index in [-0.39, 0.29) is 0 Å². The molecular weight excluding hydrogens is 340 g/mol. The van der Waals surface area contributed by atoms with Gasteiger partial charge < -0.3 is 29.4 Å². The Morgan fingerprint density at radius 3 is 2.00 bits per heavy atom. The van der Waals surface area contributed by atoms with Gasteiger partial charge in [0.15, 0.2) is 12.2 Å². The van der Waals surface area contributed by atoms with Crippen molar-refractivity contribution in [3.63, 3.8) is 0 Å². The first-order valence-corrected chi connectivity index (χ1v) is 7.38. The molecule has 1 saturated heterocycles. The predicted molar refractivity (Wildman–Crippen MR) is 79.4 cm³/mol. The fourth-order valence-corrected chi connectivity index (χ4v) is 2.41. The lowest BCUT2D eigenvalue weighted by Crippen LogP contribution is -2.74. The maximum Gasteiger partial charge on any atom is 0.303 e. The van der Waals surface area contributed by atoms with Crippen LogP contribution >= 0.6 is 0 Å². The molecule has 0 unspecified atom stereocenters. The highest BCUT2D eigenvalue weighted by molar-refractivity contribution is 5.74. The lowest BCUT2D eigenvalue weighted by molar-refractivity contribution is -0.319. The first kappa shape index (κ1) is 20.8. The van der Waals surface area contributed by atoms with Gasteiger partial charge in [0.05, 0.1) is 0 Å². The van der Waals surface area contributed by atoms with Crippen molar-refractivity contribution in [3.8, 4) is 0 Å². The molecule has 1 rings (SSSR count). The Morgan fingerprint density at radius 1 is 1.04 bits per heavy atom. The van der Waals surface area contributed by atoms with Crippen molar-refractivity contribution < 1.29 is 43.2 Å². The SMILES string of the molecule is CC(=O)N[C@@H]1[C@@H](OC(C)=O)[C@H](OC(C)=O)[C@@H](COC(C)=O)O[C@@]1(N)O. The average Bonchev–Trinajstić information content (AvgIpc) is 2.42. The molecule has 0 saturated carbocycles. The van der Waals surface area contributed by atoms with Crippen molar-refractivity contribution in [3.05, 3.63) is 0 Å². The number of hydrogen-bond acceptors (Lipinski definition) is 10. The first-order valence-electron chi connectivity index (χ1n) is 7.38. The molecule has 0 aromatic rings. The van der Waals surface area contributed by atoms with Crippen LogP contribution in [0.25, 0.3) is 0 Å². The highest BCUT2D eigenvalue weighted by atomic mass is 16.7. The van der Waals surface area contributed by atoms with Crippen LogP contribution in [0.4, 0.5) is 0 Å². The third-order valence-electron chi connectivity index (χ3n) is 3.22. The molecule has 0 spiro atoms. The number of nitrogens with two attached hydrogens (primary N) is 1. The second kappa shape index (κ2) is 8.23. The molecule has 11 nitrogen and oxygen atoms in total. The largest absolute Gasteiger partial charge is 0.463 e. The third kappa shape index (κ3) is 5.96. The number of rotatable bonds is 5. The van der Waals surface area contributed by atoms with E-state index < -0.39 is 60.7 Å². The van der Waals surface area contributed by atoms with Crippen LogP contribution in [-0.4, -0.2) is 65.8 Å². The fraction of sp³-hybridized carbons (Fsp3) is 0.714. The minimum absolute atomic E-state index is 0.433. The second-order valence-electron chi connectivity index (χ2n) is 5.54. The van der Waals surface area contributed by atoms with Crippen LogP contribution in [0.2, 0.25) is 0 Å². The van der Waals surface area contributed by atoms with Crippen molar-refractivity contribution in [1.29, 1.82) is 0 Å². The van der Waals surface area contributed by atoms with Gasteiger partial charge in [0.1, 0.15) is 18.8 Å². The third-order valence-corrected chi connectivity index (χ3v) is 3.22. The fourth-order valence-electron chi connectivity index (χ4n) is 2.41. The standard InChI is InChI=1S/C14H22N2O9/c1-6(17)16-13-12(24-9(4)20)11(23-8(3)19)10(5-22-7(2)18)25-14(13,15)21/h10-13,21H,5,15H2,1-4H3,(H,16,17)/t10-,11-,12+,13-,14+/m1/s1. The monoisotopic (exact) mass is 362 g/mol. The van der Waals surface area contributed by atoms with Crippen LogP contribution in [0, 0.1) is 0 Å². The quantitative estimate of drug-likeness (QED) is 0.281. The molecule has 1 aliphatic rings. The molecule has 0 aromatic heterocycles. The summed E-state index contributed by atoms with van der Waals surface area (Å²) in [7, 11) is 0. The van der Waals surface area contributed by atoms with Crippen molar-refractivity contribution in [1.82, 2.24) is 5.32 Å². The van der Waals surface area contributed by atoms with Crippen LogP contribution in [0.15, 0.2) is 0 Å². The smallest absolute Gasteiger partial charge is 0.303 e. The summed E-state index contributed by atoms with van der Waals surface area (Å²) in [5.74, 6) is -5.26. The number of carbonyl (C=O) groups is 4. The van der Waals surface area contributed by atoms with Gasteiger partial charge in [0.2, 0.25) is 11.8 Å². The maximum absolute atomic E-state index is 11.4. The minimum Gasteiger partial charge on any atom is -0.463 e. The van der Waals surface area contributed by atoms with Crippen molar-refractivity contribution in [2.45, 2.75) is 58.0 Å². The zero-order chi connectivity index (χ0) is 19.4. The van der Waals surface area contributed by atoms with E-state index in [0.717, 1.165) is 27.7 Å². The Bertz CT molecular complexity index is 548. The van der Waals surface area contributed by atoms with E-state index >= 15 is 0 Å². The van der Waals surface area contributed by atoms with E-state index in [1.165, 1.54) is 0 Å². The molecule has 0 aliphatic carbocycles. The average molecular weight is 362 g/mol. The minimum atomic E-state index is -2.48. The maximum atomic E-state index is 11.4. The lowest BCUT2D eigenvalue weighted by Gasteiger charge is -2.47. The van der Waals surface area contributed by atoms with Crippen LogP contribution in [0.5, 0.6) is 0 Å². The van der Waals surface area contributed by atoms with Crippen LogP contribution in [-0.2, 0) is 38.1 Å². The molecule has 11 heteroatoms.